The second-order valence-corrected chi connectivity index (χ2v) is 7.60. The van der Waals surface area contributed by atoms with Gasteiger partial charge >= 0.3 is 0 Å². The molecule has 0 heterocycles. The predicted octanol–water partition coefficient (Wildman–Crippen LogP) is 3.23. The molecule has 0 radical (unpaired) electrons. The molecular weight excluding hydrogens is 264 g/mol. The Morgan fingerprint density at radius 1 is 1.15 bits per heavy atom. The summed E-state index contributed by atoms with van der Waals surface area (Å²) in [5.41, 5.74) is 7.60. The molecule has 110 valence electrons. The van der Waals surface area contributed by atoms with Crippen LogP contribution >= 0.6 is 11.8 Å². The van der Waals surface area contributed by atoms with Gasteiger partial charge in [0.1, 0.15) is 0 Å². The first-order valence-electron chi connectivity index (χ1n) is 8.03. The molecule has 1 fully saturated rings. The second-order valence-electron chi connectivity index (χ2n) is 6.26. The quantitative estimate of drug-likeness (QED) is 0.624. The number of fused-ring (bicyclic) bond motifs is 1. The van der Waals surface area contributed by atoms with Crippen molar-refractivity contribution in [2.75, 3.05) is 5.75 Å². The summed E-state index contributed by atoms with van der Waals surface area (Å²) in [7, 11) is 0. The van der Waals surface area contributed by atoms with E-state index in [4.69, 9.17) is 5.84 Å². The number of hydrazine groups is 1. The molecule has 3 heteroatoms. The van der Waals surface area contributed by atoms with Crippen molar-refractivity contribution in [3.05, 3.63) is 34.9 Å². The number of aryl methyl sites for hydroxylation is 2. The minimum Gasteiger partial charge on any atom is -0.271 e. The van der Waals surface area contributed by atoms with Gasteiger partial charge in [-0.25, -0.2) is 0 Å². The van der Waals surface area contributed by atoms with Crippen LogP contribution < -0.4 is 11.3 Å². The number of hydrogen-bond acceptors (Lipinski definition) is 3. The highest BCUT2D eigenvalue weighted by Gasteiger charge is 2.18. The van der Waals surface area contributed by atoms with E-state index in [-0.39, 0.29) is 0 Å². The highest BCUT2D eigenvalue weighted by molar-refractivity contribution is 7.99. The van der Waals surface area contributed by atoms with Gasteiger partial charge in [-0.3, -0.25) is 11.3 Å². The van der Waals surface area contributed by atoms with Gasteiger partial charge in [0.2, 0.25) is 0 Å². The number of thioether (sulfide) groups is 1. The fourth-order valence-corrected chi connectivity index (χ4v) is 4.90. The third kappa shape index (κ3) is 3.57. The highest BCUT2D eigenvalue weighted by Crippen LogP contribution is 2.30. The number of hydrogen-bond donors (Lipinski definition) is 2. The Kier molecular flexibility index (Phi) is 5.03. The smallest absolute Gasteiger partial charge is 0.0341 e. The van der Waals surface area contributed by atoms with Gasteiger partial charge in [-0.1, -0.05) is 31.0 Å². The molecule has 1 unspecified atom stereocenters. The van der Waals surface area contributed by atoms with Crippen molar-refractivity contribution < 1.29 is 0 Å². The van der Waals surface area contributed by atoms with Crippen LogP contribution in [0.3, 0.4) is 0 Å². The lowest BCUT2D eigenvalue weighted by Gasteiger charge is -2.18. The Morgan fingerprint density at radius 3 is 2.75 bits per heavy atom. The minimum absolute atomic E-state index is 0.403. The third-order valence-corrected chi connectivity index (χ3v) is 6.25. The number of nitrogens with one attached hydrogen (secondary N) is 1. The summed E-state index contributed by atoms with van der Waals surface area (Å²) >= 11 is 2.12. The zero-order valence-corrected chi connectivity index (χ0v) is 13.1. The molecule has 3 rings (SSSR count). The average molecular weight is 290 g/mol. The van der Waals surface area contributed by atoms with Crippen LogP contribution in [0, 0.1) is 0 Å². The maximum Gasteiger partial charge on any atom is 0.0341 e. The van der Waals surface area contributed by atoms with E-state index in [1.165, 1.54) is 50.5 Å². The first kappa shape index (κ1) is 14.4. The predicted molar refractivity (Wildman–Crippen MR) is 88.0 cm³/mol. The lowest BCUT2D eigenvalue weighted by Crippen LogP contribution is -2.39. The molecular formula is C17H26N2S. The van der Waals surface area contributed by atoms with Crippen LogP contribution in [0.15, 0.2) is 18.2 Å². The van der Waals surface area contributed by atoms with Gasteiger partial charge in [0.25, 0.3) is 0 Å². The van der Waals surface area contributed by atoms with Crippen molar-refractivity contribution in [1.29, 1.82) is 0 Å². The lowest BCUT2D eigenvalue weighted by molar-refractivity contribution is 0.574. The van der Waals surface area contributed by atoms with Crippen molar-refractivity contribution in [3.63, 3.8) is 0 Å². The van der Waals surface area contributed by atoms with E-state index in [0.29, 0.717) is 6.04 Å². The van der Waals surface area contributed by atoms with E-state index in [9.17, 15) is 0 Å². The van der Waals surface area contributed by atoms with Crippen LogP contribution in [-0.2, 0) is 19.3 Å². The van der Waals surface area contributed by atoms with Crippen LogP contribution in [0.4, 0.5) is 0 Å². The monoisotopic (exact) mass is 290 g/mol. The van der Waals surface area contributed by atoms with E-state index in [1.807, 2.05) is 0 Å². The maximum atomic E-state index is 5.75. The molecule has 1 aromatic rings. The number of rotatable bonds is 6. The summed E-state index contributed by atoms with van der Waals surface area (Å²) in [4.78, 5) is 0. The molecule has 2 nitrogen and oxygen atoms in total. The summed E-state index contributed by atoms with van der Waals surface area (Å²) < 4.78 is 0. The Hall–Kier alpha value is -0.510. The van der Waals surface area contributed by atoms with Crippen molar-refractivity contribution in [2.45, 2.75) is 62.7 Å². The summed E-state index contributed by atoms with van der Waals surface area (Å²) in [6.45, 7) is 0. The number of benzene rings is 1. The summed E-state index contributed by atoms with van der Waals surface area (Å²) in [6, 6.07) is 7.44. The van der Waals surface area contributed by atoms with E-state index in [2.05, 4.69) is 35.4 Å². The van der Waals surface area contributed by atoms with Gasteiger partial charge in [0, 0.05) is 17.0 Å². The molecule has 1 aromatic carbocycles. The lowest BCUT2D eigenvalue weighted by atomic mass is 10.0. The largest absolute Gasteiger partial charge is 0.271 e. The summed E-state index contributed by atoms with van der Waals surface area (Å²) in [6.07, 6.45) is 10.6. The van der Waals surface area contributed by atoms with Crippen LogP contribution in [0.1, 0.15) is 48.8 Å². The standard InChI is InChI=1S/C17H26N2S/c18-19-16(12-20-17-6-1-2-7-17)11-13-8-9-14-4-3-5-15(14)10-13/h8-10,16-17,19H,1-7,11-12,18H2. The van der Waals surface area contributed by atoms with Crippen molar-refractivity contribution in [2.24, 2.45) is 5.84 Å². The molecule has 0 amide bonds. The van der Waals surface area contributed by atoms with Crippen LogP contribution in [0.25, 0.3) is 0 Å². The van der Waals surface area contributed by atoms with E-state index in [1.54, 1.807) is 11.1 Å². The normalized spacial score (nSPS) is 20.2. The highest BCUT2D eigenvalue weighted by atomic mass is 32.2. The van der Waals surface area contributed by atoms with Crippen LogP contribution in [0.2, 0.25) is 0 Å². The second kappa shape index (κ2) is 6.97. The Balaban J connectivity index is 1.54. The molecule has 3 N–H and O–H groups in total. The minimum atomic E-state index is 0.403. The molecule has 0 bridgehead atoms. The van der Waals surface area contributed by atoms with Gasteiger partial charge in [0.15, 0.2) is 0 Å². The van der Waals surface area contributed by atoms with E-state index < -0.39 is 0 Å². The van der Waals surface area contributed by atoms with Crippen molar-refractivity contribution in [1.82, 2.24) is 5.43 Å². The summed E-state index contributed by atoms with van der Waals surface area (Å²) in [5.74, 6) is 6.89. The van der Waals surface area contributed by atoms with Crippen molar-refractivity contribution in [3.8, 4) is 0 Å². The van der Waals surface area contributed by atoms with Gasteiger partial charge in [0.05, 0.1) is 0 Å². The fraction of sp³-hybridized carbons (Fsp3) is 0.647. The SMILES string of the molecule is NNC(CSC1CCCC1)Cc1ccc2c(c1)CCC2. The molecule has 0 aromatic heterocycles. The molecule has 1 atom stereocenters. The van der Waals surface area contributed by atoms with Crippen LogP contribution in [0.5, 0.6) is 0 Å². The first-order valence-corrected chi connectivity index (χ1v) is 9.08. The fourth-order valence-electron chi connectivity index (χ4n) is 3.51. The third-order valence-electron chi connectivity index (χ3n) is 4.72. The Morgan fingerprint density at radius 2 is 1.95 bits per heavy atom. The molecule has 2 aliphatic rings. The Bertz CT molecular complexity index is 441. The molecule has 0 aliphatic heterocycles. The first-order chi connectivity index (χ1) is 9.85. The molecule has 1 saturated carbocycles. The van der Waals surface area contributed by atoms with Crippen LogP contribution in [-0.4, -0.2) is 17.0 Å². The van der Waals surface area contributed by atoms with Gasteiger partial charge < -0.3 is 0 Å². The van der Waals surface area contributed by atoms with E-state index in [0.717, 1.165) is 17.4 Å². The van der Waals surface area contributed by atoms with Crippen molar-refractivity contribution >= 4 is 11.8 Å². The topological polar surface area (TPSA) is 38.0 Å². The Labute approximate surface area is 126 Å². The summed E-state index contributed by atoms with van der Waals surface area (Å²) in [5, 5.41) is 0.880. The maximum absolute atomic E-state index is 5.75. The molecule has 0 saturated heterocycles. The molecule has 20 heavy (non-hydrogen) atoms. The zero-order valence-electron chi connectivity index (χ0n) is 12.2. The molecule has 0 spiro atoms. The van der Waals surface area contributed by atoms with E-state index >= 15 is 0 Å². The van der Waals surface area contributed by atoms with Gasteiger partial charge in [-0.15, -0.1) is 0 Å². The number of nitrogens with two attached hydrogens (primary N) is 1. The van der Waals surface area contributed by atoms with Gasteiger partial charge in [-0.2, -0.15) is 11.8 Å². The average Bonchev–Trinajstić information content (AvgIpc) is 3.13. The van der Waals surface area contributed by atoms with Gasteiger partial charge in [-0.05, 0) is 55.2 Å². The zero-order chi connectivity index (χ0) is 13.8. The molecule has 2 aliphatic carbocycles.